The topological polar surface area (TPSA) is 64.2 Å². The summed E-state index contributed by atoms with van der Waals surface area (Å²) in [6.45, 7) is 9.98. The number of nitrogens with zero attached hydrogens (tertiary/aromatic N) is 4. The molecule has 0 spiro atoms. The Labute approximate surface area is 157 Å². The second-order valence-electron chi connectivity index (χ2n) is 8.76. The molecule has 2 fully saturated rings. The number of hydrogen-bond donors (Lipinski definition) is 0. The molecule has 0 aliphatic carbocycles. The number of hydrogen-bond acceptors (Lipinski definition) is 4. The first-order valence-electron chi connectivity index (χ1n) is 9.60. The van der Waals surface area contributed by atoms with Crippen molar-refractivity contribution in [2.24, 2.45) is 11.3 Å². The Hall–Kier alpha value is -1.63. The lowest BCUT2D eigenvalue weighted by molar-refractivity contribution is -0.146. The van der Waals surface area contributed by atoms with Gasteiger partial charge in [-0.25, -0.2) is 0 Å². The van der Waals surface area contributed by atoms with Gasteiger partial charge in [0, 0.05) is 50.6 Å². The maximum Gasteiger partial charge on any atom is 0.236 e. The van der Waals surface area contributed by atoms with Gasteiger partial charge in [-0.3, -0.25) is 14.4 Å². The molecule has 3 amide bonds. The summed E-state index contributed by atoms with van der Waals surface area (Å²) in [4.78, 5) is 44.8. The van der Waals surface area contributed by atoms with Crippen molar-refractivity contribution < 1.29 is 14.4 Å². The molecule has 0 radical (unpaired) electrons. The first kappa shape index (κ1) is 20.7. The Balaban J connectivity index is 1.79. The summed E-state index contributed by atoms with van der Waals surface area (Å²) in [5, 5.41) is 0. The van der Waals surface area contributed by atoms with Crippen molar-refractivity contribution in [2.45, 2.75) is 33.6 Å². The number of amides is 3. The molecule has 148 valence electrons. The average Bonchev–Trinajstić information content (AvgIpc) is 2.59. The number of piperidine rings is 1. The highest BCUT2D eigenvalue weighted by Crippen LogP contribution is 2.25. The highest BCUT2D eigenvalue weighted by atomic mass is 16.2. The average molecular weight is 367 g/mol. The van der Waals surface area contributed by atoms with E-state index in [1.807, 2.05) is 54.5 Å². The van der Waals surface area contributed by atoms with Gasteiger partial charge in [-0.05, 0) is 26.9 Å². The van der Waals surface area contributed by atoms with E-state index in [0.29, 0.717) is 45.8 Å². The van der Waals surface area contributed by atoms with Gasteiger partial charge in [0.05, 0.1) is 6.54 Å². The van der Waals surface area contributed by atoms with Gasteiger partial charge in [0.1, 0.15) is 0 Å². The first-order valence-corrected chi connectivity index (χ1v) is 9.60. The van der Waals surface area contributed by atoms with E-state index in [2.05, 4.69) is 0 Å². The zero-order chi connectivity index (χ0) is 19.5. The van der Waals surface area contributed by atoms with Crippen molar-refractivity contribution >= 4 is 17.7 Å². The molecule has 0 aromatic rings. The summed E-state index contributed by atoms with van der Waals surface area (Å²) >= 11 is 0. The summed E-state index contributed by atoms with van der Waals surface area (Å²) in [5.74, 6) is 0.475. The molecule has 2 rings (SSSR count). The predicted molar refractivity (Wildman–Crippen MR) is 100 cm³/mol. The zero-order valence-corrected chi connectivity index (χ0v) is 17.0. The molecule has 7 nitrogen and oxygen atoms in total. The Kier molecular flexibility index (Phi) is 6.66. The Morgan fingerprint density at radius 2 is 1.35 bits per heavy atom. The van der Waals surface area contributed by atoms with E-state index in [-0.39, 0.29) is 29.1 Å². The highest BCUT2D eigenvalue weighted by molar-refractivity contribution is 5.83. The number of likely N-dealkylation sites (N-methyl/N-ethyl adjacent to an activating group) is 1. The smallest absolute Gasteiger partial charge is 0.236 e. The van der Waals surface area contributed by atoms with Gasteiger partial charge in [-0.1, -0.05) is 20.8 Å². The molecule has 7 heteroatoms. The number of carbonyl (C=O) groups is 3. The highest BCUT2D eigenvalue weighted by Gasteiger charge is 2.34. The second kappa shape index (κ2) is 8.37. The van der Waals surface area contributed by atoms with E-state index < -0.39 is 0 Å². The molecule has 0 atom stereocenters. The summed E-state index contributed by atoms with van der Waals surface area (Å²) in [6, 6.07) is 0. The number of rotatable bonds is 3. The van der Waals surface area contributed by atoms with E-state index in [0.717, 1.165) is 12.8 Å². The zero-order valence-electron chi connectivity index (χ0n) is 17.0. The third-order valence-corrected chi connectivity index (χ3v) is 5.17. The van der Waals surface area contributed by atoms with Crippen LogP contribution in [0.1, 0.15) is 33.6 Å². The van der Waals surface area contributed by atoms with Crippen molar-refractivity contribution in [3.05, 3.63) is 0 Å². The van der Waals surface area contributed by atoms with Crippen LogP contribution in [0.2, 0.25) is 0 Å². The fourth-order valence-corrected chi connectivity index (χ4v) is 3.61. The van der Waals surface area contributed by atoms with Crippen LogP contribution in [0.5, 0.6) is 0 Å². The minimum Gasteiger partial charge on any atom is -0.342 e. The minimum absolute atomic E-state index is 0.00282. The van der Waals surface area contributed by atoms with Gasteiger partial charge < -0.3 is 19.6 Å². The SMILES string of the molecule is CN(C)CC(=O)N1CCN(C(=O)C2CCN(C(=O)C(C)(C)C)CC2)CC1. The van der Waals surface area contributed by atoms with Crippen molar-refractivity contribution in [1.82, 2.24) is 19.6 Å². The Morgan fingerprint density at radius 1 is 0.846 bits per heavy atom. The van der Waals surface area contributed by atoms with Crippen LogP contribution in [-0.2, 0) is 14.4 Å². The maximum atomic E-state index is 12.8. The minimum atomic E-state index is -0.369. The molecule has 0 bridgehead atoms. The maximum absolute atomic E-state index is 12.8. The summed E-state index contributed by atoms with van der Waals surface area (Å²) in [5.41, 5.74) is -0.369. The third kappa shape index (κ3) is 5.19. The fraction of sp³-hybridized carbons (Fsp3) is 0.842. The van der Waals surface area contributed by atoms with Gasteiger partial charge in [0.25, 0.3) is 0 Å². The monoisotopic (exact) mass is 366 g/mol. The first-order chi connectivity index (χ1) is 12.1. The van der Waals surface area contributed by atoms with Crippen LogP contribution < -0.4 is 0 Å². The Bertz CT molecular complexity index is 525. The summed E-state index contributed by atoms with van der Waals surface area (Å²) in [6.07, 6.45) is 1.47. The van der Waals surface area contributed by atoms with Crippen molar-refractivity contribution in [2.75, 3.05) is 59.9 Å². The van der Waals surface area contributed by atoms with Crippen LogP contribution in [0.3, 0.4) is 0 Å². The van der Waals surface area contributed by atoms with E-state index >= 15 is 0 Å². The van der Waals surface area contributed by atoms with E-state index in [1.165, 1.54) is 0 Å². The van der Waals surface area contributed by atoms with Gasteiger partial charge in [0.2, 0.25) is 17.7 Å². The molecule has 2 aliphatic heterocycles. The quantitative estimate of drug-likeness (QED) is 0.730. The van der Waals surface area contributed by atoms with Gasteiger partial charge in [-0.2, -0.15) is 0 Å². The molecule has 0 aromatic carbocycles. The van der Waals surface area contributed by atoms with E-state index in [4.69, 9.17) is 0 Å². The summed E-state index contributed by atoms with van der Waals surface area (Å²) < 4.78 is 0. The standard InChI is InChI=1S/C19H34N4O3/c1-19(2,3)18(26)23-8-6-15(7-9-23)17(25)22-12-10-21(11-13-22)16(24)14-20(4)5/h15H,6-14H2,1-5H3. The molecule has 2 heterocycles. The largest absolute Gasteiger partial charge is 0.342 e. The number of likely N-dealkylation sites (tertiary alicyclic amines) is 1. The van der Waals surface area contributed by atoms with E-state index in [9.17, 15) is 14.4 Å². The van der Waals surface area contributed by atoms with Gasteiger partial charge >= 0.3 is 0 Å². The van der Waals surface area contributed by atoms with Crippen molar-refractivity contribution in [3.8, 4) is 0 Å². The van der Waals surface area contributed by atoms with Crippen molar-refractivity contribution in [3.63, 3.8) is 0 Å². The fourth-order valence-electron chi connectivity index (χ4n) is 3.61. The number of piperazine rings is 1. The second-order valence-corrected chi connectivity index (χ2v) is 8.76. The summed E-state index contributed by atoms with van der Waals surface area (Å²) in [7, 11) is 3.77. The molecular weight excluding hydrogens is 332 g/mol. The van der Waals surface area contributed by atoms with Crippen LogP contribution >= 0.6 is 0 Å². The lowest BCUT2D eigenvalue weighted by Gasteiger charge is -2.39. The molecule has 2 aliphatic rings. The molecular formula is C19H34N4O3. The van der Waals surface area contributed by atoms with Crippen LogP contribution in [-0.4, -0.2) is 97.2 Å². The van der Waals surface area contributed by atoms with Crippen LogP contribution in [0.25, 0.3) is 0 Å². The normalized spacial score (nSPS) is 19.8. The lowest BCUT2D eigenvalue weighted by atomic mass is 9.90. The molecule has 0 N–H and O–H groups in total. The molecule has 0 saturated carbocycles. The van der Waals surface area contributed by atoms with Crippen LogP contribution in [0, 0.1) is 11.3 Å². The van der Waals surface area contributed by atoms with Crippen molar-refractivity contribution in [1.29, 1.82) is 0 Å². The van der Waals surface area contributed by atoms with Crippen LogP contribution in [0.15, 0.2) is 0 Å². The molecule has 26 heavy (non-hydrogen) atoms. The molecule has 2 saturated heterocycles. The number of carbonyl (C=O) groups excluding carboxylic acids is 3. The van der Waals surface area contributed by atoms with Crippen LogP contribution in [0.4, 0.5) is 0 Å². The molecule has 0 unspecified atom stereocenters. The van der Waals surface area contributed by atoms with Gasteiger partial charge in [-0.15, -0.1) is 0 Å². The lowest BCUT2D eigenvalue weighted by Crippen LogP contribution is -2.54. The molecule has 0 aromatic heterocycles. The predicted octanol–water partition coefficient (Wildman–Crippen LogP) is 0.504. The third-order valence-electron chi connectivity index (χ3n) is 5.17. The van der Waals surface area contributed by atoms with Gasteiger partial charge in [0.15, 0.2) is 0 Å². The van der Waals surface area contributed by atoms with E-state index in [1.54, 1.807) is 0 Å². The Morgan fingerprint density at radius 3 is 1.81 bits per heavy atom.